The average molecular weight is 315 g/mol. The molecule has 0 amide bonds. The molecule has 0 spiro atoms. The molecule has 0 aliphatic rings. The topological polar surface area (TPSA) is 99.8 Å². The fourth-order valence-corrected chi connectivity index (χ4v) is 2.04. The molecule has 0 saturated carbocycles. The summed E-state index contributed by atoms with van der Waals surface area (Å²) in [5.41, 5.74) is -0.0618. The minimum absolute atomic E-state index is 0.0332. The Labute approximate surface area is 126 Å². The van der Waals surface area contributed by atoms with Crippen LogP contribution in [0.2, 0.25) is 0 Å². The Kier molecular flexibility index (Phi) is 6.61. The van der Waals surface area contributed by atoms with E-state index in [9.17, 15) is 18.9 Å². The number of nitrogens with zero attached hydrogens (tertiary/aromatic N) is 3. The van der Waals surface area contributed by atoms with Gasteiger partial charge in [-0.25, -0.2) is 4.68 Å². The normalized spacial score (nSPS) is 12.0. The number of ether oxygens (including phenoxy) is 2. The van der Waals surface area contributed by atoms with E-state index in [1.807, 2.05) is 0 Å². The highest BCUT2D eigenvalue weighted by Gasteiger charge is 2.40. The molecule has 0 aliphatic carbocycles. The van der Waals surface area contributed by atoms with Crippen molar-refractivity contribution >= 4 is 11.9 Å². The molecule has 8 nitrogen and oxygen atoms in total. The maximum atomic E-state index is 14.0. The first-order valence-electron chi connectivity index (χ1n) is 6.77. The highest BCUT2D eigenvalue weighted by Crippen LogP contribution is 2.29. The van der Waals surface area contributed by atoms with E-state index >= 15 is 0 Å². The van der Waals surface area contributed by atoms with Crippen LogP contribution in [0, 0.1) is 16.8 Å². The zero-order chi connectivity index (χ0) is 16.7. The Bertz CT molecular complexity index is 528. The van der Waals surface area contributed by atoms with Gasteiger partial charge in [0.15, 0.2) is 5.92 Å². The third kappa shape index (κ3) is 3.86. The molecule has 9 heteroatoms. The number of nitroso groups, excluding NO2 is 1. The van der Waals surface area contributed by atoms with Crippen molar-refractivity contribution in [2.24, 2.45) is 18.1 Å². The molecule has 0 radical (unpaired) electrons. The molecule has 1 aromatic rings. The lowest BCUT2D eigenvalue weighted by Crippen LogP contribution is -2.35. The first-order chi connectivity index (χ1) is 10.5. The SMILES string of the molecule is CCOC(=O)C(C(=O)OCC)[C@H](CN=O)c1cnn(C)c1F. The molecule has 1 aromatic heterocycles. The maximum absolute atomic E-state index is 14.0. The van der Waals surface area contributed by atoms with Crippen LogP contribution in [0.5, 0.6) is 0 Å². The second kappa shape index (κ2) is 8.20. The van der Waals surface area contributed by atoms with E-state index < -0.39 is 36.3 Å². The summed E-state index contributed by atoms with van der Waals surface area (Å²) in [6.07, 6.45) is 1.15. The molecule has 0 saturated heterocycles. The second-order valence-corrected chi connectivity index (χ2v) is 4.41. The fourth-order valence-electron chi connectivity index (χ4n) is 2.04. The summed E-state index contributed by atoms with van der Waals surface area (Å²) in [7, 11) is 1.36. The number of hydrogen-bond acceptors (Lipinski definition) is 7. The number of aryl methyl sites for hydroxylation is 1. The van der Waals surface area contributed by atoms with Crippen molar-refractivity contribution in [3.63, 3.8) is 0 Å². The second-order valence-electron chi connectivity index (χ2n) is 4.41. The van der Waals surface area contributed by atoms with Crippen LogP contribution in [0.1, 0.15) is 25.3 Å². The number of hydrogen-bond donors (Lipinski definition) is 0. The lowest BCUT2D eigenvalue weighted by atomic mass is 9.87. The van der Waals surface area contributed by atoms with Crippen molar-refractivity contribution in [2.75, 3.05) is 19.8 Å². The summed E-state index contributed by atoms with van der Waals surface area (Å²) < 4.78 is 24.6. The zero-order valence-electron chi connectivity index (χ0n) is 12.6. The molecule has 0 unspecified atom stereocenters. The van der Waals surface area contributed by atoms with E-state index in [2.05, 4.69) is 10.3 Å². The minimum atomic E-state index is -1.48. The van der Waals surface area contributed by atoms with Gasteiger partial charge in [-0.2, -0.15) is 14.4 Å². The molecule has 0 fully saturated rings. The van der Waals surface area contributed by atoms with Gasteiger partial charge in [-0.15, -0.1) is 0 Å². The summed E-state index contributed by atoms with van der Waals surface area (Å²) in [5, 5.41) is 6.41. The third-order valence-corrected chi connectivity index (χ3v) is 3.05. The Morgan fingerprint density at radius 2 is 1.86 bits per heavy atom. The molecular weight excluding hydrogens is 297 g/mol. The molecule has 0 aliphatic heterocycles. The molecule has 0 N–H and O–H groups in total. The lowest BCUT2D eigenvalue weighted by molar-refractivity contribution is -0.162. The smallest absolute Gasteiger partial charge is 0.321 e. The van der Waals surface area contributed by atoms with E-state index in [0.717, 1.165) is 10.9 Å². The van der Waals surface area contributed by atoms with Crippen molar-refractivity contribution in [1.29, 1.82) is 0 Å². The van der Waals surface area contributed by atoms with Gasteiger partial charge in [0.1, 0.15) is 0 Å². The summed E-state index contributed by atoms with van der Waals surface area (Å²) in [5.74, 6) is -5.15. The fraction of sp³-hybridized carbons (Fsp3) is 0.615. The first-order valence-corrected chi connectivity index (χ1v) is 6.77. The summed E-state index contributed by atoms with van der Waals surface area (Å²) in [6, 6.07) is 0. The lowest BCUT2D eigenvalue weighted by Gasteiger charge is -2.21. The average Bonchev–Trinajstić information content (AvgIpc) is 2.79. The van der Waals surface area contributed by atoms with Gasteiger partial charge in [0, 0.05) is 18.5 Å². The van der Waals surface area contributed by atoms with Crippen molar-refractivity contribution in [2.45, 2.75) is 19.8 Å². The van der Waals surface area contributed by atoms with Crippen LogP contribution in [0.15, 0.2) is 11.4 Å². The number of aromatic nitrogens is 2. The van der Waals surface area contributed by atoms with Crippen LogP contribution >= 0.6 is 0 Å². The molecule has 1 rings (SSSR count). The van der Waals surface area contributed by atoms with Gasteiger partial charge in [0.05, 0.1) is 26.0 Å². The molecule has 1 heterocycles. The highest BCUT2D eigenvalue weighted by molar-refractivity contribution is 5.96. The van der Waals surface area contributed by atoms with E-state index in [0.29, 0.717) is 0 Å². The molecule has 122 valence electrons. The van der Waals surface area contributed by atoms with Crippen LogP contribution in [-0.2, 0) is 26.1 Å². The Morgan fingerprint density at radius 1 is 1.32 bits per heavy atom. The Balaban J connectivity index is 3.24. The van der Waals surface area contributed by atoms with Crippen LogP contribution in [-0.4, -0.2) is 41.5 Å². The van der Waals surface area contributed by atoms with Gasteiger partial charge < -0.3 is 9.47 Å². The summed E-state index contributed by atoms with van der Waals surface area (Å²) >= 11 is 0. The number of esters is 2. The van der Waals surface area contributed by atoms with E-state index in [4.69, 9.17) is 9.47 Å². The quantitative estimate of drug-likeness (QED) is 0.405. The van der Waals surface area contributed by atoms with Gasteiger partial charge in [0.2, 0.25) is 5.95 Å². The van der Waals surface area contributed by atoms with E-state index in [1.54, 1.807) is 13.8 Å². The number of rotatable bonds is 8. The maximum Gasteiger partial charge on any atom is 0.321 e. The van der Waals surface area contributed by atoms with Crippen molar-refractivity contribution in [1.82, 2.24) is 9.78 Å². The number of carbonyl (C=O) groups excluding carboxylic acids is 2. The van der Waals surface area contributed by atoms with Crippen molar-refractivity contribution in [3.8, 4) is 0 Å². The van der Waals surface area contributed by atoms with E-state index in [-0.39, 0.29) is 18.8 Å². The highest BCUT2D eigenvalue weighted by atomic mass is 19.1. The summed E-state index contributed by atoms with van der Waals surface area (Å²) in [6.45, 7) is 2.72. The van der Waals surface area contributed by atoms with Crippen LogP contribution in [0.25, 0.3) is 0 Å². The van der Waals surface area contributed by atoms with Crippen LogP contribution < -0.4 is 0 Å². The van der Waals surface area contributed by atoms with Gasteiger partial charge in [-0.1, -0.05) is 5.18 Å². The predicted molar refractivity (Wildman–Crippen MR) is 73.3 cm³/mol. The first kappa shape index (κ1) is 17.7. The van der Waals surface area contributed by atoms with Gasteiger partial charge in [-0.3, -0.25) is 9.59 Å². The van der Waals surface area contributed by atoms with Crippen LogP contribution in [0.3, 0.4) is 0 Å². The standard InChI is InChI=1S/C13H18FN3O5/c1-4-21-12(18)10(13(19)22-5-2)8(7-16-20)9-6-15-17(3)11(9)14/h6,8,10H,4-5,7H2,1-3H3/t8-/m1/s1. The van der Waals surface area contributed by atoms with Gasteiger partial charge in [-0.05, 0) is 13.8 Å². The third-order valence-electron chi connectivity index (χ3n) is 3.05. The Hall–Kier alpha value is -2.32. The number of carbonyl (C=O) groups is 2. The molecule has 0 bridgehead atoms. The van der Waals surface area contributed by atoms with E-state index in [1.165, 1.54) is 7.05 Å². The summed E-state index contributed by atoms with van der Waals surface area (Å²) in [4.78, 5) is 34.8. The predicted octanol–water partition coefficient (Wildman–Crippen LogP) is 1.15. The van der Waals surface area contributed by atoms with Crippen LogP contribution in [0.4, 0.5) is 4.39 Å². The zero-order valence-corrected chi connectivity index (χ0v) is 12.6. The largest absolute Gasteiger partial charge is 0.465 e. The molecule has 1 atom stereocenters. The molecule has 0 aromatic carbocycles. The Morgan fingerprint density at radius 3 is 2.23 bits per heavy atom. The number of halogens is 1. The van der Waals surface area contributed by atoms with Crippen molar-refractivity contribution in [3.05, 3.63) is 22.6 Å². The monoisotopic (exact) mass is 315 g/mol. The van der Waals surface area contributed by atoms with Gasteiger partial charge >= 0.3 is 11.9 Å². The minimum Gasteiger partial charge on any atom is -0.465 e. The van der Waals surface area contributed by atoms with Gasteiger partial charge in [0.25, 0.3) is 0 Å². The van der Waals surface area contributed by atoms with Crippen molar-refractivity contribution < 1.29 is 23.5 Å². The molecule has 22 heavy (non-hydrogen) atoms. The molecular formula is C13H18FN3O5.